The minimum absolute atomic E-state index is 0.0852. The first-order chi connectivity index (χ1) is 15.9. The molecule has 8 heteroatoms. The van der Waals surface area contributed by atoms with E-state index in [2.05, 4.69) is 10.6 Å². The van der Waals surface area contributed by atoms with Crippen molar-refractivity contribution >= 4 is 17.8 Å². The summed E-state index contributed by atoms with van der Waals surface area (Å²) in [5.74, 6) is -1.16. The van der Waals surface area contributed by atoms with Crippen molar-refractivity contribution in [3.8, 4) is 0 Å². The number of hydrogen-bond donors (Lipinski definition) is 2. The molecule has 0 unspecified atom stereocenters. The van der Waals surface area contributed by atoms with Crippen molar-refractivity contribution in [3.05, 3.63) is 35.9 Å². The Hall–Kier alpha value is -2.45. The van der Waals surface area contributed by atoms with Crippen LogP contribution < -0.4 is 10.6 Å². The molecule has 2 rings (SSSR count). The van der Waals surface area contributed by atoms with Crippen molar-refractivity contribution < 1.29 is 23.9 Å². The summed E-state index contributed by atoms with van der Waals surface area (Å²) >= 11 is 0. The Morgan fingerprint density at radius 3 is 2.21 bits per heavy atom. The number of nitrogens with one attached hydrogen (secondary N) is 2. The van der Waals surface area contributed by atoms with Crippen LogP contribution in [0.15, 0.2) is 30.3 Å². The van der Waals surface area contributed by atoms with Gasteiger partial charge in [0.15, 0.2) is 0 Å². The molecule has 1 saturated heterocycles. The molecule has 4 atom stereocenters. The van der Waals surface area contributed by atoms with E-state index in [1.165, 1.54) is 7.11 Å². The fraction of sp³-hybridized carbons (Fsp3) is 0.654. The van der Waals surface area contributed by atoms with Crippen LogP contribution in [-0.4, -0.2) is 60.3 Å². The molecule has 1 aromatic rings. The first-order valence-corrected chi connectivity index (χ1v) is 12.0. The summed E-state index contributed by atoms with van der Waals surface area (Å²) in [4.78, 5) is 40.7. The van der Waals surface area contributed by atoms with Gasteiger partial charge in [-0.2, -0.15) is 0 Å². The van der Waals surface area contributed by atoms with E-state index in [0.29, 0.717) is 13.0 Å². The number of esters is 1. The van der Waals surface area contributed by atoms with Gasteiger partial charge in [0.05, 0.1) is 25.8 Å². The molecule has 0 spiro atoms. The Labute approximate surface area is 203 Å². The van der Waals surface area contributed by atoms with E-state index >= 15 is 0 Å². The number of rotatable bonds is 10. The van der Waals surface area contributed by atoms with Crippen LogP contribution in [0.2, 0.25) is 0 Å². The molecular weight excluding hydrogens is 434 g/mol. The zero-order valence-corrected chi connectivity index (χ0v) is 21.8. The molecule has 0 radical (unpaired) electrons. The Kier molecular flexibility index (Phi) is 9.64. The average Bonchev–Trinajstić information content (AvgIpc) is 3.10. The summed E-state index contributed by atoms with van der Waals surface area (Å²) in [6.45, 7) is 13.8. The lowest BCUT2D eigenvalue weighted by Crippen LogP contribution is -2.58. The number of nitrogens with zero attached hydrogens (tertiary/aromatic N) is 1. The highest BCUT2D eigenvalue weighted by molar-refractivity contribution is 5.92. The summed E-state index contributed by atoms with van der Waals surface area (Å²) < 4.78 is 10.9. The van der Waals surface area contributed by atoms with Crippen LogP contribution in [0.3, 0.4) is 0 Å². The van der Waals surface area contributed by atoms with Crippen molar-refractivity contribution in [2.45, 2.75) is 84.8 Å². The van der Waals surface area contributed by atoms with Crippen molar-refractivity contribution in [1.82, 2.24) is 15.5 Å². The first-order valence-electron chi connectivity index (χ1n) is 12.0. The molecule has 1 heterocycles. The van der Waals surface area contributed by atoms with Crippen LogP contribution in [0.1, 0.15) is 66.5 Å². The quantitative estimate of drug-likeness (QED) is 0.505. The number of amides is 2. The van der Waals surface area contributed by atoms with Gasteiger partial charge in [-0.05, 0) is 44.6 Å². The minimum Gasteiger partial charge on any atom is -0.467 e. The smallest absolute Gasteiger partial charge is 0.328 e. The molecule has 1 aliphatic heterocycles. The standard InChI is InChI=1S/C26H41N3O5/c1-16(2)14-20(25(32)33-8)27-24(31)22(17(3)4)28-23(30)18(5)29-21(15-34-26(29,6)7)19-12-10-9-11-13-19/h9-13,16-18,20-22H,14-15H2,1-8H3,(H,27,31)(H,28,30)/t18-,20+,21-,22+/m1/s1. The molecule has 34 heavy (non-hydrogen) atoms. The zero-order chi connectivity index (χ0) is 25.6. The molecule has 190 valence electrons. The van der Waals surface area contributed by atoms with Crippen LogP contribution in [0.5, 0.6) is 0 Å². The van der Waals surface area contributed by atoms with Gasteiger partial charge in [-0.1, -0.05) is 58.0 Å². The first kappa shape index (κ1) is 27.8. The van der Waals surface area contributed by atoms with Gasteiger partial charge in [-0.25, -0.2) is 4.79 Å². The van der Waals surface area contributed by atoms with Crippen molar-refractivity contribution in [2.75, 3.05) is 13.7 Å². The van der Waals surface area contributed by atoms with Crippen molar-refractivity contribution in [1.29, 1.82) is 0 Å². The second-order valence-corrected chi connectivity index (χ2v) is 10.2. The molecule has 1 aliphatic rings. The molecule has 2 N–H and O–H groups in total. The van der Waals surface area contributed by atoms with E-state index in [1.807, 2.05) is 83.7 Å². The number of benzene rings is 1. The van der Waals surface area contributed by atoms with E-state index in [9.17, 15) is 14.4 Å². The molecule has 8 nitrogen and oxygen atoms in total. The molecule has 0 saturated carbocycles. The molecule has 1 fully saturated rings. The summed E-state index contributed by atoms with van der Waals surface area (Å²) in [6, 6.07) is 7.75. The van der Waals surface area contributed by atoms with Gasteiger partial charge < -0.3 is 20.1 Å². The fourth-order valence-corrected chi connectivity index (χ4v) is 4.51. The maximum absolute atomic E-state index is 13.4. The van der Waals surface area contributed by atoms with E-state index in [-0.39, 0.29) is 23.8 Å². The maximum Gasteiger partial charge on any atom is 0.328 e. The SMILES string of the molecule is COC(=O)[C@H](CC(C)C)NC(=O)[C@@H](NC(=O)[C@@H](C)N1[C@@H](c2ccccc2)COC1(C)C)C(C)C. The van der Waals surface area contributed by atoms with Crippen LogP contribution in [0.4, 0.5) is 0 Å². The largest absolute Gasteiger partial charge is 0.467 e. The lowest BCUT2D eigenvalue weighted by molar-refractivity contribution is -0.146. The van der Waals surface area contributed by atoms with E-state index in [0.717, 1.165) is 5.56 Å². The third-order valence-electron chi connectivity index (χ3n) is 6.29. The highest BCUT2D eigenvalue weighted by atomic mass is 16.5. The van der Waals surface area contributed by atoms with Gasteiger partial charge in [0, 0.05) is 0 Å². The second kappa shape index (κ2) is 11.8. The Balaban J connectivity index is 2.18. The summed E-state index contributed by atoms with van der Waals surface area (Å²) in [5, 5.41) is 5.70. The fourth-order valence-electron chi connectivity index (χ4n) is 4.51. The Bertz CT molecular complexity index is 840. The molecule has 1 aromatic carbocycles. The predicted octanol–water partition coefficient (Wildman–Crippen LogP) is 3.03. The van der Waals surface area contributed by atoms with Crippen LogP contribution in [-0.2, 0) is 23.9 Å². The third-order valence-corrected chi connectivity index (χ3v) is 6.29. The Morgan fingerprint density at radius 1 is 1.06 bits per heavy atom. The number of carbonyl (C=O) groups is 3. The number of carbonyl (C=O) groups excluding carboxylic acids is 3. The van der Waals surface area contributed by atoms with Crippen LogP contribution in [0.25, 0.3) is 0 Å². The van der Waals surface area contributed by atoms with Crippen molar-refractivity contribution in [3.63, 3.8) is 0 Å². The molecule has 0 bridgehead atoms. The second-order valence-electron chi connectivity index (χ2n) is 10.2. The van der Waals surface area contributed by atoms with E-state index in [1.54, 1.807) is 0 Å². The van der Waals surface area contributed by atoms with Gasteiger partial charge in [-0.15, -0.1) is 0 Å². The summed E-state index contributed by atoms with van der Waals surface area (Å²) in [7, 11) is 1.30. The Morgan fingerprint density at radius 2 is 1.68 bits per heavy atom. The van der Waals surface area contributed by atoms with Gasteiger partial charge in [0.2, 0.25) is 11.8 Å². The maximum atomic E-state index is 13.4. The lowest BCUT2D eigenvalue weighted by Gasteiger charge is -2.38. The monoisotopic (exact) mass is 475 g/mol. The van der Waals surface area contributed by atoms with E-state index in [4.69, 9.17) is 9.47 Å². The number of ether oxygens (including phenoxy) is 2. The molecule has 0 aromatic heterocycles. The predicted molar refractivity (Wildman–Crippen MR) is 131 cm³/mol. The van der Waals surface area contributed by atoms with Crippen LogP contribution in [0, 0.1) is 11.8 Å². The van der Waals surface area contributed by atoms with Gasteiger partial charge >= 0.3 is 5.97 Å². The van der Waals surface area contributed by atoms with E-state index < -0.39 is 35.7 Å². The van der Waals surface area contributed by atoms with Crippen molar-refractivity contribution in [2.24, 2.45) is 11.8 Å². The highest BCUT2D eigenvalue weighted by Gasteiger charge is 2.46. The molecule has 0 aliphatic carbocycles. The average molecular weight is 476 g/mol. The molecule has 2 amide bonds. The van der Waals surface area contributed by atoms with Crippen LogP contribution >= 0.6 is 0 Å². The third kappa shape index (κ3) is 6.79. The number of methoxy groups -OCH3 is 1. The lowest BCUT2D eigenvalue weighted by atomic mass is 9.99. The summed E-state index contributed by atoms with van der Waals surface area (Å²) in [6.07, 6.45) is 0.450. The number of hydrogen-bond acceptors (Lipinski definition) is 6. The van der Waals surface area contributed by atoms with Gasteiger partial charge in [0.1, 0.15) is 17.8 Å². The highest BCUT2D eigenvalue weighted by Crippen LogP contribution is 2.38. The molecular formula is C26H41N3O5. The van der Waals surface area contributed by atoms with Gasteiger partial charge in [0.25, 0.3) is 0 Å². The normalized spacial score (nSPS) is 20.6. The van der Waals surface area contributed by atoms with Gasteiger partial charge in [-0.3, -0.25) is 14.5 Å². The minimum atomic E-state index is -0.795. The zero-order valence-electron chi connectivity index (χ0n) is 21.8. The summed E-state index contributed by atoms with van der Waals surface area (Å²) in [5.41, 5.74) is 0.417. The topological polar surface area (TPSA) is 97.0 Å².